The van der Waals surface area contributed by atoms with Crippen molar-refractivity contribution in [3.8, 4) is 0 Å². The molecule has 2 N–H and O–H groups in total. The molecule has 1 aromatic carbocycles. The average molecular weight is 358 g/mol. The van der Waals surface area contributed by atoms with Crippen molar-refractivity contribution < 1.29 is 4.79 Å². The van der Waals surface area contributed by atoms with E-state index in [1.807, 2.05) is 38.1 Å². The van der Waals surface area contributed by atoms with E-state index in [4.69, 9.17) is 0 Å². The number of hydrogen-bond donors (Lipinski definition) is 2. The first-order chi connectivity index (χ1) is 11.4. The third-order valence-corrected chi connectivity index (χ3v) is 5.67. The van der Waals surface area contributed by atoms with Crippen molar-refractivity contribution in [1.29, 1.82) is 0 Å². The van der Waals surface area contributed by atoms with Crippen LogP contribution in [-0.2, 0) is 0 Å². The van der Waals surface area contributed by atoms with Gasteiger partial charge in [0.2, 0.25) is 0 Å². The number of aromatic nitrogens is 2. The SMILES string of the molecule is CC(=O)c1sc(Nc2cccc(Nc3nc(C)c(C)s3)c2)nc1C. The molecule has 0 bridgehead atoms. The maximum Gasteiger partial charge on any atom is 0.188 e. The highest BCUT2D eigenvalue weighted by atomic mass is 32.1. The number of anilines is 4. The number of carbonyl (C=O) groups excluding carboxylic acids is 1. The second-order valence-electron chi connectivity index (χ2n) is 5.48. The minimum atomic E-state index is 0.0444. The molecule has 0 saturated heterocycles. The number of carbonyl (C=O) groups is 1. The van der Waals surface area contributed by atoms with Gasteiger partial charge in [-0.1, -0.05) is 17.4 Å². The summed E-state index contributed by atoms with van der Waals surface area (Å²) in [6, 6.07) is 7.92. The van der Waals surface area contributed by atoms with Gasteiger partial charge in [-0.2, -0.15) is 0 Å². The third kappa shape index (κ3) is 3.63. The lowest BCUT2D eigenvalue weighted by atomic mass is 10.3. The van der Waals surface area contributed by atoms with Crippen LogP contribution < -0.4 is 10.6 Å². The Morgan fingerprint density at radius 3 is 2.04 bits per heavy atom. The van der Waals surface area contributed by atoms with Crippen molar-refractivity contribution in [2.24, 2.45) is 0 Å². The van der Waals surface area contributed by atoms with Crippen LogP contribution in [-0.4, -0.2) is 15.8 Å². The van der Waals surface area contributed by atoms with Crippen LogP contribution in [0.1, 0.15) is 32.9 Å². The third-order valence-electron chi connectivity index (χ3n) is 3.51. The zero-order valence-corrected chi connectivity index (χ0v) is 15.6. The minimum absolute atomic E-state index is 0.0444. The summed E-state index contributed by atoms with van der Waals surface area (Å²) in [7, 11) is 0. The molecule has 2 heterocycles. The Morgan fingerprint density at radius 2 is 1.54 bits per heavy atom. The number of thiazole rings is 2. The van der Waals surface area contributed by atoms with E-state index in [1.54, 1.807) is 18.3 Å². The second kappa shape index (κ2) is 6.70. The van der Waals surface area contributed by atoms with Crippen molar-refractivity contribution in [2.75, 3.05) is 10.6 Å². The highest BCUT2D eigenvalue weighted by Gasteiger charge is 2.11. The summed E-state index contributed by atoms with van der Waals surface area (Å²) in [5.74, 6) is 0.0444. The van der Waals surface area contributed by atoms with Gasteiger partial charge in [-0.25, -0.2) is 9.97 Å². The molecule has 2 aromatic heterocycles. The Morgan fingerprint density at radius 1 is 0.958 bits per heavy atom. The number of nitrogens with zero attached hydrogens (tertiary/aromatic N) is 2. The molecule has 0 fully saturated rings. The fourth-order valence-electron chi connectivity index (χ4n) is 2.22. The molecule has 7 heteroatoms. The van der Waals surface area contributed by atoms with Crippen LogP contribution in [0.3, 0.4) is 0 Å². The molecular formula is C17H18N4OS2. The van der Waals surface area contributed by atoms with Crippen LogP contribution in [0.4, 0.5) is 21.6 Å². The van der Waals surface area contributed by atoms with Crippen molar-refractivity contribution in [2.45, 2.75) is 27.7 Å². The van der Waals surface area contributed by atoms with Crippen molar-refractivity contribution >= 4 is 50.1 Å². The van der Waals surface area contributed by atoms with Gasteiger partial charge in [-0.05, 0) is 39.0 Å². The minimum Gasteiger partial charge on any atom is -0.331 e. The van der Waals surface area contributed by atoms with Crippen LogP contribution in [0.15, 0.2) is 24.3 Å². The van der Waals surface area contributed by atoms with Crippen molar-refractivity contribution in [3.05, 3.63) is 45.4 Å². The summed E-state index contributed by atoms with van der Waals surface area (Å²) >= 11 is 3.01. The summed E-state index contributed by atoms with van der Waals surface area (Å²) in [6.45, 7) is 7.48. The molecule has 0 amide bonds. The Balaban J connectivity index is 1.78. The molecule has 0 unspecified atom stereocenters. The largest absolute Gasteiger partial charge is 0.331 e. The van der Waals surface area contributed by atoms with E-state index < -0.39 is 0 Å². The number of aryl methyl sites for hydroxylation is 3. The molecule has 3 rings (SSSR count). The molecular weight excluding hydrogens is 340 g/mol. The monoisotopic (exact) mass is 358 g/mol. The van der Waals surface area contributed by atoms with Gasteiger partial charge in [0.05, 0.1) is 16.3 Å². The molecule has 0 atom stereocenters. The number of hydrogen-bond acceptors (Lipinski definition) is 7. The summed E-state index contributed by atoms with van der Waals surface area (Å²) in [5, 5.41) is 8.18. The molecule has 0 spiro atoms. The normalized spacial score (nSPS) is 10.7. The molecule has 3 aromatic rings. The van der Waals surface area contributed by atoms with E-state index in [0.29, 0.717) is 4.88 Å². The van der Waals surface area contributed by atoms with E-state index in [9.17, 15) is 4.79 Å². The number of rotatable bonds is 5. The van der Waals surface area contributed by atoms with Crippen LogP contribution >= 0.6 is 22.7 Å². The Labute approximate surface area is 148 Å². The number of ketones is 1. The Hall–Kier alpha value is -2.25. The van der Waals surface area contributed by atoms with Crippen molar-refractivity contribution in [3.63, 3.8) is 0 Å². The predicted octanol–water partition coefficient (Wildman–Crippen LogP) is 5.21. The smallest absolute Gasteiger partial charge is 0.188 e. The first-order valence-corrected chi connectivity index (χ1v) is 9.12. The van der Waals surface area contributed by atoms with Gasteiger partial charge in [-0.15, -0.1) is 11.3 Å². The fourth-order valence-corrected chi connectivity index (χ4v) is 3.94. The van der Waals surface area contributed by atoms with Gasteiger partial charge in [-0.3, -0.25) is 4.79 Å². The average Bonchev–Trinajstić information content (AvgIpc) is 3.02. The van der Waals surface area contributed by atoms with Crippen LogP contribution in [0, 0.1) is 20.8 Å². The molecule has 5 nitrogen and oxygen atoms in total. The van der Waals surface area contributed by atoms with E-state index in [1.165, 1.54) is 16.2 Å². The Bertz CT molecular complexity index is 878. The van der Waals surface area contributed by atoms with E-state index >= 15 is 0 Å². The van der Waals surface area contributed by atoms with Gasteiger partial charge in [0.1, 0.15) is 0 Å². The molecule has 0 aliphatic heterocycles. The predicted molar refractivity (Wildman–Crippen MR) is 101 cm³/mol. The zero-order valence-electron chi connectivity index (χ0n) is 13.9. The fraction of sp³-hybridized carbons (Fsp3) is 0.235. The Kier molecular flexibility index (Phi) is 4.64. The maximum atomic E-state index is 11.5. The number of nitrogens with one attached hydrogen (secondary N) is 2. The molecule has 24 heavy (non-hydrogen) atoms. The number of Topliss-reactive ketones (excluding diaryl/α,β-unsaturated/α-hetero) is 1. The molecule has 0 aliphatic rings. The molecule has 0 saturated carbocycles. The number of benzene rings is 1. The van der Waals surface area contributed by atoms with Gasteiger partial charge >= 0.3 is 0 Å². The molecule has 0 aliphatic carbocycles. The topological polar surface area (TPSA) is 66.9 Å². The lowest BCUT2D eigenvalue weighted by Crippen LogP contribution is -1.93. The van der Waals surface area contributed by atoms with Gasteiger partial charge in [0.15, 0.2) is 16.0 Å². The van der Waals surface area contributed by atoms with Crippen molar-refractivity contribution in [1.82, 2.24) is 9.97 Å². The van der Waals surface area contributed by atoms with E-state index in [2.05, 4.69) is 27.5 Å². The first-order valence-electron chi connectivity index (χ1n) is 7.49. The maximum absolute atomic E-state index is 11.5. The van der Waals surface area contributed by atoms with Gasteiger partial charge in [0, 0.05) is 23.2 Å². The highest BCUT2D eigenvalue weighted by molar-refractivity contribution is 7.17. The summed E-state index contributed by atoms with van der Waals surface area (Å²) in [5.41, 5.74) is 3.67. The lowest BCUT2D eigenvalue weighted by molar-refractivity contribution is 0.102. The quantitative estimate of drug-likeness (QED) is 0.613. The van der Waals surface area contributed by atoms with E-state index in [0.717, 1.165) is 33.0 Å². The zero-order chi connectivity index (χ0) is 17.3. The van der Waals surface area contributed by atoms with Gasteiger partial charge < -0.3 is 10.6 Å². The summed E-state index contributed by atoms with van der Waals surface area (Å²) in [4.78, 5) is 22.4. The second-order valence-corrected chi connectivity index (χ2v) is 7.68. The van der Waals surface area contributed by atoms with Crippen LogP contribution in [0.5, 0.6) is 0 Å². The lowest BCUT2D eigenvalue weighted by Gasteiger charge is -2.06. The van der Waals surface area contributed by atoms with Gasteiger partial charge in [0.25, 0.3) is 0 Å². The highest BCUT2D eigenvalue weighted by Crippen LogP contribution is 2.29. The summed E-state index contributed by atoms with van der Waals surface area (Å²) < 4.78 is 0. The van der Waals surface area contributed by atoms with Crippen LogP contribution in [0.25, 0.3) is 0 Å². The van der Waals surface area contributed by atoms with Crippen LogP contribution in [0.2, 0.25) is 0 Å². The summed E-state index contributed by atoms with van der Waals surface area (Å²) in [6.07, 6.45) is 0. The first kappa shape index (κ1) is 16.6. The molecule has 124 valence electrons. The van der Waals surface area contributed by atoms with E-state index in [-0.39, 0.29) is 5.78 Å². The standard InChI is InChI=1S/C17H18N4OS2/c1-9-12(4)23-16(18-9)20-13-6-5-7-14(8-13)21-17-19-10(2)15(24-17)11(3)22/h5-8H,1-4H3,(H,18,20)(H,19,21). The molecule has 0 radical (unpaired) electrons.